The Morgan fingerprint density at radius 2 is 2.14 bits per heavy atom. The lowest BCUT2D eigenvalue weighted by Crippen LogP contribution is -2.52. The third-order valence-corrected chi connectivity index (χ3v) is 4.52. The van der Waals surface area contributed by atoms with E-state index in [1.807, 2.05) is 26.8 Å². The molecule has 1 aliphatic carbocycles. The third kappa shape index (κ3) is 3.17. The number of amides is 1. The van der Waals surface area contributed by atoms with Crippen LogP contribution in [0.15, 0.2) is 6.07 Å². The first kappa shape index (κ1) is 17.0. The van der Waals surface area contributed by atoms with Crippen molar-refractivity contribution in [3.8, 4) is 0 Å². The highest BCUT2D eigenvalue weighted by molar-refractivity contribution is 5.92. The average molecular weight is 309 g/mol. The fourth-order valence-corrected chi connectivity index (χ4v) is 3.02. The van der Waals surface area contributed by atoms with Gasteiger partial charge in [-0.3, -0.25) is 9.48 Å². The zero-order chi connectivity index (χ0) is 16.4. The number of likely N-dealkylation sites (N-methyl/N-ethyl adjacent to an activating group) is 1. The Morgan fingerprint density at radius 1 is 1.45 bits per heavy atom. The molecule has 1 amide bonds. The zero-order valence-corrected chi connectivity index (χ0v) is 13.9. The van der Waals surface area contributed by atoms with Crippen molar-refractivity contribution in [1.82, 2.24) is 14.7 Å². The van der Waals surface area contributed by atoms with E-state index in [9.17, 15) is 15.0 Å². The van der Waals surface area contributed by atoms with Gasteiger partial charge in [-0.05, 0) is 38.2 Å². The molecular weight excluding hydrogens is 282 g/mol. The molecule has 6 heteroatoms. The quantitative estimate of drug-likeness (QED) is 0.880. The molecule has 0 aromatic carbocycles. The summed E-state index contributed by atoms with van der Waals surface area (Å²) in [6.07, 6.45) is 0.466. The van der Waals surface area contributed by atoms with Crippen LogP contribution in [0.5, 0.6) is 0 Å². The standard InChI is InChI=1S/C16H27N3O3/c1-5-19-13(9-11(17-19)10(2)3)16(22)18(4)12-7-6-8-14(20)15(12)21/h9-10,12,14-15,20-21H,5-8H2,1-4H3/t12-,14-,15-/m1/s1. The maximum Gasteiger partial charge on any atom is 0.272 e. The van der Waals surface area contributed by atoms with Gasteiger partial charge in [0.05, 0.1) is 17.8 Å². The van der Waals surface area contributed by atoms with E-state index in [2.05, 4.69) is 5.10 Å². The molecular formula is C16H27N3O3. The number of hydrogen-bond acceptors (Lipinski definition) is 4. The number of aryl methyl sites for hydroxylation is 1. The molecule has 2 N–H and O–H groups in total. The first-order chi connectivity index (χ1) is 10.4. The average Bonchev–Trinajstić information content (AvgIpc) is 2.93. The molecule has 2 rings (SSSR count). The lowest BCUT2D eigenvalue weighted by molar-refractivity contribution is -0.0528. The molecule has 0 bridgehead atoms. The van der Waals surface area contributed by atoms with Gasteiger partial charge < -0.3 is 15.1 Å². The lowest BCUT2D eigenvalue weighted by Gasteiger charge is -2.37. The number of aliphatic hydroxyl groups excluding tert-OH is 2. The summed E-state index contributed by atoms with van der Waals surface area (Å²) in [7, 11) is 1.69. The SMILES string of the molecule is CCn1nc(C(C)C)cc1C(=O)N(C)[C@@H]1CCC[C@@H](O)[C@@H]1O. The number of carbonyl (C=O) groups excluding carboxylic acids is 1. The summed E-state index contributed by atoms with van der Waals surface area (Å²) >= 11 is 0. The highest BCUT2D eigenvalue weighted by Gasteiger charge is 2.36. The van der Waals surface area contributed by atoms with Crippen LogP contribution in [0, 0.1) is 0 Å². The first-order valence-electron chi connectivity index (χ1n) is 8.07. The van der Waals surface area contributed by atoms with Crippen LogP contribution >= 0.6 is 0 Å². The van der Waals surface area contributed by atoms with Crippen LogP contribution in [-0.4, -0.2) is 56.1 Å². The third-order valence-electron chi connectivity index (χ3n) is 4.52. The smallest absolute Gasteiger partial charge is 0.272 e. The molecule has 0 spiro atoms. The second-order valence-corrected chi connectivity index (χ2v) is 6.40. The molecule has 0 saturated heterocycles. The Labute approximate surface area is 131 Å². The van der Waals surface area contributed by atoms with Gasteiger partial charge in [-0.1, -0.05) is 13.8 Å². The van der Waals surface area contributed by atoms with E-state index in [0.29, 0.717) is 25.1 Å². The molecule has 0 radical (unpaired) electrons. The summed E-state index contributed by atoms with van der Waals surface area (Å²) in [4.78, 5) is 14.3. The maximum atomic E-state index is 12.8. The largest absolute Gasteiger partial charge is 0.390 e. The highest BCUT2D eigenvalue weighted by Crippen LogP contribution is 2.25. The van der Waals surface area contributed by atoms with Gasteiger partial charge in [0.25, 0.3) is 5.91 Å². The fraction of sp³-hybridized carbons (Fsp3) is 0.750. The molecule has 0 aliphatic heterocycles. The normalized spacial score (nSPS) is 25.5. The predicted molar refractivity (Wildman–Crippen MR) is 83.7 cm³/mol. The second kappa shape index (κ2) is 6.79. The van der Waals surface area contributed by atoms with E-state index in [4.69, 9.17) is 0 Å². The van der Waals surface area contributed by atoms with Crippen LogP contribution in [0.25, 0.3) is 0 Å². The van der Waals surface area contributed by atoms with Crippen LogP contribution in [0.2, 0.25) is 0 Å². The van der Waals surface area contributed by atoms with E-state index in [0.717, 1.165) is 12.1 Å². The molecule has 6 nitrogen and oxygen atoms in total. The van der Waals surface area contributed by atoms with Crippen molar-refractivity contribution in [3.05, 3.63) is 17.5 Å². The predicted octanol–water partition coefficient (Wildman–Crippen LogP) is 1.37. The summed E-state index contributed by atoms with van der Waals surface area (Å²) in [5.74, 6) is 0.103. The molecule has 1 aromatic rings. The van der Waals surface area contributed by atoms with Gasteiger partial charge in [0.2, 0.25) is 0 Å². The van der Waals surface area contributed by atoms with E-state index >= 15 is 0 Å². The molecule has 3 atom stereocenters. The maximum absolute atomic E-state index is 12.8. The molecule has 1 heterocycles. The first-order valence-corrected chi connectivity index (χ1v) is 8.07. The second-order valence-electron chi connectivity index (χ2n) is 6.40. The Morgan fingerprint density at radius 3 is 2.73 bits per heavy atom. The fourth-order valence-electron chi connectivity index (χ4n) is 3.02. The van der Waals surface area contributed by atoms with E-state index in [-0.39, 0.29) is 17.9 Å². The van der Waals surface area contributed by atoms with Crippen LogP contribution in [-0.2, 0) is 6.54 Å². The summed E-state index contributed by atoms with van der Waals surface area (Å²) in [6.45, 7) is 6.66. The number of aliphatic hydroxyl groups is 2. The minimum atomic E-state index is -0.884. The molecule has 1 saturated carbocycles. The number of hydrogen-bond donors (Lipinski definition) is 2. The topological polar surface area (TPSA) is 78.6 Å². The van der Waals surface area contributed by atoms with E-state index in [1.165, 1.54) is 0 Å². The van der Waals surface area contributed by atoms with Crippen LogP contribution in [0.4, 0.5) is 0 Å². The Hall–Kier alpha value is -1.40. The van der Waals surface area contributed by atoms with Gasteiger partial charge in [-0.15, -0.1) is 0 Å². The van der Waals surface area contributed by atoms with Crippen LogP contribution < -0.4 is 0 Å². The Bertz CT molecular complexity index is 527. The van der Waals surface area contributed by atoms with E-state index < -0.39 is 12.2 Å². The molecule has 1 fully saturated rings. The number of nitrogens with zero attached hydrogens (tertiary/aromatic N) is 3. The summed E-state index contributed by atoms with van der Waals surface area (Å²) in [5.41, 5.74) is 1.43. The molecule has 22 heavy (non-hydrogen) atoms. The molecule has 0 unspecified atom stereocenters. The highest BCUT2D eigenvalue weighted by atomic mass is 16.3. The zero-order valence-electron chi connectivity index (χ0n) is 13.9. The van der Waals surface area contributed by atoms with Crippen molar-refractivity contribution in [2.24, 2.45) is 0 Å². The van der Waals surface area contributed by atoms with Gasteiger partial charge in [0.1, 0.15) is 11.8 Å². The van der Waals surface area contributed by atoms with Crippen molar-refractivity contribution < 1.29 is 15.0 Å². The monoisotopic (exact) mass is 309 g/mol. The number of aromatic nitrogens is 2. The summed E-state index contributed by atoms with van der Waals surface area (Å²) in [5, 5.41) is 24.4. The van der Waals surface area contributed by atoms with Gasteiger partial charge in [0, 0.05) is 13.6 Å². The summed E-state index contributed by atoms with van der Waals surface area (Å²) < 4.78 is 1.71. The van der Waals surface area contributed by atoms with Crippen molar-refractivity contribution in [1.29, 1.82) is 0 Å². The minimum Gasteiger partial charge on any atom is -0.390 e. The lowest BCUT2D eigenvalue weighted by atomic mass is 9.89. The van der Waals surface area contributed by atoms with Gasteiger partial charge >= 0.3 is 0 Å². The number of carbonyl (C=O) groups is 1. The Balaban J connectivity index is 2.23. The van der Waals surface area contributed by atoms with E-state index in [1.54, 1.807) is 16.6 Å². The van der Waals surface area contributed by atoms with Crippen LogP contribution in [0.1, 0.15) is 62.1 Å². The van der Waals surface area contributed by atoms with Crippen molar-refractivity contribution in [2.75, 3.05) is 7.05 Å². The molecule has 1 aromatic heterocycles. The van der Waals surface area contributed by atoms with Crippen molar-refractivity contribution >= 4 is 5.91 Å². The van der Waals surface area contributed by atoms with Gasteiger partial charge in [0.15, 0.2) is 0 Å². The minimum absolute atomic E-state index is 0.153. The van der Waals surface area contributed by atoms with Crippen molar-refractivity contribution in [3.63, 3.8) is 0 Å². The van der Waals surface area contributed by atoms with Crippen LogP contribution in [0.3, 0.4) is 0 Å². The van der Waals surface area contributed by atoms with Crippen molar-refractivity contribution in [2.45, 2.75) is 70.7 Å². The molecule has 124 valence electrons. The summed E-state index contributed by atoms with van der Waals surface area (Å²) in [6, 6.07) is 1.48. The Kier molecular flexibility index (Phi) is 5.24. The van der Waals surface area contributed by atoms with Gasteiger partial charge in [-0.25, -0.2) is 0 Å². The number of rotatable bonds is 4. The molecule has 1 aliphatic rings. The van der Waals surface area contributed by atoms with Gasteiger partial charge in [-0.2, -0.15) is 5.10 Å².